The molecule has 0 aliphatic carbocycles. The molecular formula is C15H28O2. The van der Waals surface area contributed by atoms with E-state index in [-0.39, 0.29) is 0 Å². The maximum absolute atomic E-state index is 10.3. The van der Waals surface area contributed by atoms with Gasteiger partial charge in [0.2, 0.25) is 0 Å². The van der Waals surface area contributed by atoms with Crippen LogP contribution in [-0.4, -0.2) is 11.1 Å². The second kappa shape index (κ2) is 11.7. The molecule has 17 heavy (non-hydrogen) atoms. The first-order valence-corrected chi connectivity index (χ1v) is 6.99. The van der Waals surface area contributed by atoms with Crippen molar-refractivity contribution in [2.75, 3.05) is 0 Å². The second-order valence-corrected chi connectivity index (χ2v) is 5.14. The highest BCUT2D eigenvalue weighted by Crippen LogP contribution is 2.09. The molecule has 0 aromatic heterocycles. The summed E-state index contributed by atoms with van der Waals surface area (Å²) in [6.45, 7) is 4.51. The highest BCUT2D eigenvalue weighted by Gasteiger charge is 1.95. The first-order chi connectivity index (χ1) is 8.13. The lowest BCUT2D eigenvalue weighted by Gasteiger charge is -2.00. The van der Waals surface area contributed by atoms with Gasteiger partial charge in [-0.2, -0.15) is 0 Å². The van der Waals surface area contributed by atoms with E-state index in [0.717, 1.165) is 18.8 Å². The van der Waals surface area contributed by atoms with E-state index < -0.39 is 5.97 Å². The van der Waals surface area contributed by atoms with Crippen LogP contribution in [0.25, 0.3) is 0 Å². The Morgan fingerprint density at radius 3 is 2.24 bits per heavy atom. The van der Waals surface area contributed by atoms with Gasteiger partial charge in [0.1, 0.15) is 0 Å². The quantitative estimate of drug-likeness (QED) is 0.416. The molecule has 0 unspecified atom stereocenters. The normalized spacial score (nSPS) is 11.5. The van der Waals surface area contributed by atoms with Gasteiger partial charge in [-0.1, -0.05) is 45.3 Å². The van der Waals surface area contributed by atoms with Crippen LogP contribution >= 0.6 is 0 Å². The van der Waals surface area contributed by atoms with Gasteiger partial charge < -0.3 is 5.11 Å². The van der Waals surface area contributed by atoms with Crippen LogP contribution in [0.15, 0.2) is 12.2 Å². The zero-order valence-electron chi connectivity index (χ0n) is 11.5. The van der Waals surface area contributed by atoms with Gasteiger partial charge in [0.15, 0.2) is 0 Å². The first kappa shape index (κ1) is 16.2. The van der Waals surface area contributed by atoms with Crippen molar-refractivity contribution in [1.82, 2.24) is 0 Å². The van der Waals surface area contributed by atoms with Crippen molar-refractivity contribution in [3.05, 3.63) is 12.2 Å². The Labute approximate surface area is 106 Å². The molecule has 100 valence electrons. The van der Waals surface area contributed by atoms with Crippen LogP contribution in [0.1, 0.15) is 71.6 Å². The van der Waals surface area contributed by atoms with Crippen LogP contribution in [0.4, 0.5) is 0 Å². The lowest BCUT2D eigenvalue weighted by atomic mass is 10.1. The molecule has 0 bridgehead atoms. The Morgan fingerprint density at radius 2 is 1.59 bits per heavy atom. The predicted octanol–water partition coefficient (Wildman–Crippen LogP) is 4.79. The summed E-state index contributed by atoms with van der Waals surface area (Å²) >= 11 is 0. The molecule has 0 atom stereocenters. The molecule has 0 amide bonds. The van der Waals surface area contributed by atoms with Gasteiger partial charge >= 0.3 is 5.97 Å². The van der Waals surface area contributed by atoms with Crippen molar-refractivity contribution in [3.8, 4) is 0 Å². The highest BCUT2D eigenvalue weighted by molar-refractivity contribution is 5.66. The fraction of sp³-hybridized carbons (Fsp3) is 0.800. The van der Waals surface area contributed by atoms with Crippen LogP contribution in [0.2, 0.25) is 0 Å². The average Bonchev–Trinajstić information content (AvgIpc) is 2.25. The predicted molar refractivity (Wildman–Crippen MR) is 73.2 cm³/mol. The van der Waals surface area contributed by atoms with Gasteiger partial charge in [0, 0.05) is 6.42 Å². The summed E-state index contributed by atoms with van der Waals surface area (Å²) in [5.74, 6) is 0.131. The minimum absolute atomic E-state index is 0.328. The smallest absolute Gasteiger partial charge is 0.303 e. The number of unbranched alkanes of at least 4 members (excludes halogenated alkanes) is 5. The number of aliphatic carboxylic acids is 1. The number of hydrogen-bond acceptors (Lipinski definition) is 1. The van der Waals surface area contributed by atoms with E-state index in [1.165, 1.54) is 38.5 Å². The van der Waals surface area contributed by atoms with Gasteiger partial charge in [-0.15, -0.1) is 0 Å². The standard InChI is InChI=1S/C15H28O2/c1-14(2)12-10-8-6-4-3-5-7-9-11-13-15(16)17/h6,8,14H,3-5,7,9-13H2,1-2H3,(H,16,17). The monoisotopic (exact) mass is 240 g/mol. The van der Waals surface area contributed by atoms with Crippen molar-refractivity contribution in [3.63, 3.8) is 0 Å². The molecule has 0 radical (unpaired) electrons. The molecule has 0 aliphatic rings. The van der Waals surface area contributed by atoms with Gasteiger partial charge in [0.25, 0.3) is 0 Å². The van der Waals surface area contributed by atoms with Crippen molar-refractivity contribution in [1.29, 1.82) is 0 Å². The Hall–Kier alpha value is -0.790. The SMILES string of the molecule is CC(C)CCC=CCCCCCCCC(=O)O. The van der Waals surface area contributed by atoms with Crippen molar-refractivity contribution < 1.29 is 9.90 Å². The lowest BCUT2D eigenvalue weighted by Crippen LogP contribution is -1.93. The van der Waals surface area contributed by atoms with E-state index in [4.69, 9.17) is 5.11 Å². The number of carbonyl (C=O) groups is 1. The lowest BCUT2D eigenvalue weighted by molar-refractivity contribution is -0.137. The van der Waals surface area contributed by atoms with E-state index >= 15 is 0 Å². The zero-order valence-corrected chi connectivity index (χ0v) is 11.5. The zero-order chi connectivity index (χ0) is 12.9. The highest BCUT2D eigenvalue weighted by atomic mass is 16.4. The summed E-state index contributed by atoms with van der Waals surface area (Å²) < 4.78 is 0. The minimum Gasteiger partial charge on any atom is -0.481 e. The topological polar surface area (TPSA) is 37.3 Å². The summed E-state index contributed by atoms with van der Waals surface area (Å²) in [5, 5.41) is 8.47. The summed E-state index contributed by atoms with van der Waals surface area (Å²) in [5.41, 5.74) is 0. The van der Waals surface area contributed by atoms with Gasteiger partial charge in [0.05, 0.1) is 0 Å². The Kier molecular flexibility index (Phi) is 11.1. The molecule has 0 spiro atoms. The maximum atomic E-state index is 10.3. The molecule has 0 saturated carbocycles. The number of rotatable bonds is 11. The molecule has 1 N–H and O–H groups in total. The van der Waals surface area contributed by atoms with E-state index in [2.05, 4.69) is 26.0 Å². The number of carboxylic acid groups (broad SMARTS) is 1. The molecule has 0 saturated heterocycles. The largest absolute Gasteiger partial charge is 0.481 e. The summed E-state index contributed by atoms with van der Waals surface area (Å²) in [7, 11) is 0. The average molecular weight is 240 g/mol. The van der Waals surface area contributed by atoms with Gasteiger partial charge in [-0.25, -0.2) is 0 Å². The molecule has 2 heteroatoms. The van der Waals surface area contributed by atoms with E-state index in [1.807, 2.05) is 0 Å². The fourth-order valence-electron chi connectivity index (χ4n) is 1.73. The molecular weight excluding hydrogens is 212 g/mol. The van der Waals surface area contributed by atoms with Crippen LogP contribution < -0.4 is 0 Å². The fourth-order valence-corrected chi connectivity index (χ4v) is 1.73. The Morgan fingerprint density at radius 1 is 1.00 bits per heavy atom. The third kappa shape index (κ3) is 15.2. The Bertz CT molecular complexity index is 207. The van der Waals surface area contributed by atoms with Crippen molar-refractivity contribution in [2.24, 2.45) is 5.92 Å². The number of hydrogen-bond donors (Lipinski definition) is 1. The molecule has 0 aromatic rings. The van der Waals surface area contributed by atoms with Crippen LogP contribution in [-0.2, 0) is 4.79 Å². The summed E-state index contributed by atoms with van der Waals surface area (Å²) in [6.07, 6.45) is 14.1. The van der Waals surface area contributed by atoms with Crippen molar-refractivity contribution in [2.45, 2.75) is 71.6 Å². The summed E-state index contributed by atoms with van der Waals surface area (Å²) in [6, 6.07) is 0. The molecule has 0 fully saturated rings. The van der Waals surface area contributed by atoms with Gasteiger partial charge in [-0.3, -0.25) is 4.79 Å². The Balaban J connectivity index is 3.10. The van der Waals surface area contributed by atoms with Crippen LogP contribution in [0.3, 0.4) is 0 Å². The van der Waals surface area contributed by atoms with E-state index in [1.54, 1.807) is 0 Å². The first-order valence-electron chi connectivity index (χ1n) is 6.99. The third-order valence-corrected chi connectivity index (χ3v) is 2.84. The van der Waals surface area contributed by atoms with Crippen LogP contribution in [0, 0.1) is 5.92 Å². The maximum Gasteiger partial charge on any atom is 0.303 e. The molecule has 0 aliphatic heterocycles. The molecule has 0 aromatic carbocycles. The van der Waals surface area contributed by atoms with Crippen LogP contribution in [0.5, 0.6) is 0 Å². The molecule has 0 rings (SSSR count). The molecule has 0 heterocycles. The third-order valence-electron chi connectivity index (χ3n) is 2.84. The minimum atomic E-state index is -0.668. The second-order valence-electron chi connectivity index (χ2n) is 5.14. The number of allylic oxidation sites excluding steroid dienone is 2. The van der Waals surface area contributed by atoms with Gasteiger partial charge in [-0.05, 0) is 38.0 Å². The number of carboxylic acids is 1. The van der Waals surface area contributed by atoms with E-state index in [9.17, 15) is 4.79 Å². The summed E-state index contributed by atoms with van der Waals surface area (Å²) in [4.78, 5) is 10.3. The van der Waals surface area contributed by atoms with Crippen molar-refractivity contribution >= 4 is 5.97 Å². The van der Waals surface area contributed by atoms with E-state index in [0.29, 0.717) is 6.42 Å². The molecule has 2 nitrogen and oxygen atoms in total.